The molecule has 3 rings (SSSR count). The van der Waals surface area contributed by atoms with Crippen LogP contribution in [0.4, 0.5) is 0 Å². The van der Waals surface area contributed by atoms with Crippen molar-refractivity contribution in [3.8, 4) is 0 Å². The summed E-state index contributed by atoms with van der Waals surface area (Å²) in [6, 6.07) is 20.7. The Balaban J connectivity index is 2.29. The standard InChI is InChI=1S/C21H19ClN2O3S/c22-17-12-15(21(24)25)11-16(20(17)28(26)27)18(13-7-3-1-4-8-13)19(23)14-9-5-2-6-10-14/h1-12,18-19H,23H2,(H2,24,25)(H,26,27)/p-1/t18-,19+/m1/s1. The van der Waals surface area contributed by atoms with E-state index >= 15 is 0 Å². The molecule has 3 aromatic rings. The van der Waals surface area contributed by atoms with Gasteiger partial charge in [0.05, 0.1) is 5.02 Å². The molecule has 0 aliphatic carbocycles. The summed E-state index contributed by atoms with van der Waals surface area (Å²) in [4.78, 5) is 11.7. The maximum Gasteiger partial charge on any atom is 0.248 e. The highest BCUT2D eigenvalue weighted by molar-refractivity contribution is 7.79. The summed E-state index contributed by atoms with van der Waals surface area (Å²) < 4.78 is 24.0. The molecule has 0 radical (unpaired) electrons. The van der Waals surface area contributed by atoms with E-state index in [9.17, 15) is 13.6 Å². The van der Waals surface area contributed by atoms with Crippen LogP contribution in [0.3, 0.4) is 0 Å². The molecule has 1 amide bonds. The predicted molar refractivity (Wildman–Crippen MR) is 109 cm³/mol. The highest BCUT2D eigenvalue weighted by Gasteiger charge is 2.28. The molecule has 3 atom stereocenters. The van der Waals surface area contributed by atoms with Crippen molar-refractivity contribution in [1.82, 2.24) is 0 Å². The number of nitrogens with two attached hydrogens (primary N) is 2. The van der Waals surface area contributed by atoms with E-state index in [0.29, 0.717) is 5.56 Å². The molecule has 3 aromatic carbocycles. The summed E-state index contributed by atoms with van der Waals surface area (Å²) in [5.41, 5.74) is 14.1. The molecule has 0 heterocycles. The fourth-order valence-corrected chi connectivity index (χ4v) is 4.28. The molecule has 7 heteroatoms. The van der Waals surface area contributed by atoms with Gasteiger partial charge in [-0.3, -0.25) is 9.00 Å². The highest BCUT2D eigenvalue weighted by atomic mass is 35.5. The van der Waals surface area contributed by atoms with Gasteiger partial charge in [0.1, 0.15) is 0 Å². The van der Waals surface area contributed by atoms with Gasteiger partial charge in [-0.15, -0.1) is 0 Å². The van der Waals surface area contributed by atoms with Gasteiger partial charge in [-0.2, -0.15) is 0 Å². The van der Waals surface area contributed by atoms with E-state index in [1.807, 2.05) is 60.7 Å². The maximum absolute atomic E-state index is 12.0. The number of halogens is 1. The zero-order chi connectivity index (χ0) is 20.3. The Labute approximate surface area is 170 Å². The molecule has 28 heavy (non-hydrogen) atoms. The van der Waals surface area contributed by atoms with E-state index in [1.165, 1.54) is 12.1 Å². The van der Waals surface area contributed by atoms with E-state index in [-0.39, 0.29) is 15.5 Å². The maximum atomic E-state index is 12.0. The van der Waals surface area contributed by atoms with Gasteiger partial charge in [-0.25, -0.2) is 0 Å². The number of carbonyl (C=O) groups excluding carboxylic acids is 1. The Morgan fingerprint density at radius 1 is 0.964 bits per heavy atom. The molecule has 0 fully saturated rings. The van der Waals surface area contributed by atoms with Crippen LogP contribution >= 0.6 is 11.6 Å². The normalized spacial score (nSPS) is 14.2. The number of rotatable bonds is 6. The van der Waals surface area contributed by atoms with Crippen LogP contribution in [0.2, 0.25) is 5.02 Å². The van der Waals surface area contributed by atoms with Crippen LogP contribution in [-0.2, 0) is 11.1 Å². The van der Waals surface area contributed by atoms with Crippen LogP contribution in [0.1, 0.15) is 39.0 Å². The van der Waals surface area contributed by atoms with Crippen LogP contribution < -0.4 is 11.5 Å². The van der Waals surface area contributed by atoms with Gasteiger partial charge in [0, 0.05) is 22.4 Å². The summed E-state index contributed by atoms with van der Waals surface area (Å²) in [5.74, 6) is -1.26. The smallest absolute Gasteiger partial charge is 0.248 e. The lowest BCUT2D eigenvalue weighted by atomic mass is 9.81. The van der Waals surface area contributed by atoms with E-state index in [2.05, 4.69) is 0 Å². The summed E-state index contributed by atoms with van der Waals surface area (Å²) in [5, 5.41) is -0.0687. The Kier molecular flexibility index (Phi) is 6.26. The first-order valence-corrected chi connectivity index (χ1v) is 9.93. The lowest BCUT2D eigenvalue weighted by Crippen LogP contribution is -2.23. The van der Waals surface area contributed by atoms with Crippen molar-refractivity contribution in [3.63, 3.8) is 0 Å². The summed E-state index contributed by atoms with van der Waals surface area (Å²) >= 11 is 3.58. The first-order chi connectivity index (χ1) is 13.4. The van der Waals surface area contributed by atoms with Crippen molar-refractivity contribution in [2.24, 2.45) is 11.5 Å². The largest absolute Gasteiger partial charge is 0.768 e. The van der Waals surface area contributed by atoms with E-state index in [0.717, 1.165) is 11.1 Å². The van der Waals surface area contributed by atoms with Gasteiger partial charge in [0.25, 0.3) is 0 Å². The van der Waals surface area contributed by atoms with Crippen LogP contribution in [0.5, 0.6) is 0 Å². The molecule has 0 spiro atoms. The van der Waals surface area contributed by atoms with Crippen LogP contribution in [-0.4, -0.2) is 14.7 Å². The molecule has 5 nitrogen and oxygen atoms in total. The lowest BCUT2D eigenvalue weighted by molar-refractivity contribution is 0.1000. The number of primary amides is 1. The SMILES string of the molecule is NC(=O)c1cc(Cl)c(S(=O)[O-])c([C@@H](c2ccccc2)[C@@H](N)c2ccccc2)c1. The number of benzene rings is 3. The molecule has 0 bridgehead atoms. The number of amides is 1. The molecule has 0 aliphatic heterocycles. The minimum Gasteiger partial charge on any atom is -0.768 e. The van der Waals surface area contributed by atoms with Crippen LogP contribution in [0.25, 0.3) is 0 Å². The average molecular weight is 414 g/mol. The molecule has 0 aromatic heterocycles. The first-order valence-electron chi connectivity index (χ1n) is 8.48. The lowest BCUT2D eigenvalue weighted by Gasteiger charge is -2.29. The summed E-state index contributed by atoms with van der Waals surface area (Å²) in [6.07, 6.45) is 0. The highest BCUT2D eigenvalue weighted by Crippen LogP contribution is 2.40. The summed E-state index contributed by atoms with van der Waals surface area (Å²) in [6.45, 7) is 0. The Bertz CT molecular complexity index is 1010. The fraction of sp³-hybridized carbons (Fsp3) is 0.0952. The Hall–Kier alpha value is -2.51. The Morgan fingerprint density at radius 3 is 2.00 bits per heavy atom. The molecule has 0 saturated heterocycles. The zero-order valence-corrected chi connectivity index (χ0v) is 16.3. The second kappa shape index (κ2) is 8.67. The van der Waals surface area contributed by atoms with Crippen molar-refractivity contribution >= 4 is 28.6 Å². The second-order valence-electron chi connectivity index (χ2n) is 6.30. The van der Waals surface area contributed by atoms with Crippen molar-refractivity contribution in [2.75, 3.05) is 0 Å². The predicted octanol–water partition coefficient (Wildman–Crippen LogP) is 3.51. The topological polar surface area (TPSA) is 109 Å². The monoisotopic (exact) mass is 413 g/mol. The van der Waals surface area contributed by atoms with Crippen molar-refractivity contribution in [1.29, 1.82) is 0 Å². The number of hydrogen-bond donors (Lipinski definition) is 2. The van der Waals surface area contributed by atoms with E-state index < -0.39 is 28.9 Å². The third-order valence-electron chi connectivity index (χ3n) is 4.56. The van der Waals surface area contributed by atoms with Gasteiger partial charge >= 0.3 is 0 Å². The first kappa shape index (κ1) is 20.2. The molecule has 144 valence electrons. The molecule has 0 saturated carbocycles. The van der Waals surface area contributed by atoms with Crippen molar-refractivity contribution < 1.29 is 13.6 Å². The number of hydrogen-bond acceptors (Lipinski definition) is 4. The van der Waals surface area contributed by atoms with Crippen molar-refractivity contribution in [3.05, 3.63) is 100 Å². The third kappa shape index (κ3) is 4.15. The van der Waals surface area contributed by atoms with E-state index in [1.54, 1.807) is 0 Å². The molecule has 1 unspecified atom stereocenters. The zero-order valence-electron chi connectivity index (χ0n) is 14.7. The van der Waals surface area contributed by atoms with Gasteiger partial charge in [0.2, 0.25) is 5.91 Å². The van der Waals surface area contributed by atoms with Gasteiger partial charge in [-0.05, 0) is 39.9 Å². The fourth-order valence-electron chi connectivity index (χ4n) is 3.27. The average Bonchev–Trinajstić information content (AvgIpc) is 2.69. The van der Waals surface area contributed by atoms with Gasteiger partial charge < -0.3 is 16.0 Å². The Morgan fingerprint density at radius 2 is 1.50 bits per heavy atom. The van der Waals surface area contributed by atoms with Crippen LogP contribution in [0.15, 0.2) is 77.7 Å². The second-order valence-corrected chi connectivity index (χ2v) is 7.59. The molecular formula is C21H18ClN2O3S-. The molecule has 0 aliphatic rings. The minimum atomic E-state index is -2.63. The summed E-state index contributed by atoms with van der Waals surface area (Å²) in [7, 11) is 0. The molecule has 4 N–H and O–H groups in total. The minimum absolute atomic E-state index is 0.0687. The quantitative estimate of drug-likeness (QED) is 0.602. The third-order valence-corrected chi connectivity index (χ3v) is 5.76. The van der Waals surface area contributed by atoms with Crippen molar-refractivity contribution in [2.45, 2.75) is 16.9 Å². The molecular weight excluding hydrogens is 396 g/mol. The van der Waals surface area contributed by atoms with Gasteiger partial charge in [0.15, 0.2) is 0 Å². The number of carbonyl (C=O) groups is 1. The van der Waals surface area contributed by atoms with Crippen LogP contribution in [0, 0.1) is 0 Å². The van der Waals surface area contributed by atoms with Gasteiger partial charge in [-0.1, -0.05) is 72.3 Å². The van der Waals surface area contributed by atoms with E-state index in [4.69, 9.17) is 23.1 Å².